The van der Waals surface area contributed by atoms with E-state index in [4.69, 9.17) is 5.73 Å². The highest BCUT2D eigenvalue weighted by Crippen LogP contribution is 2.24. The van der Waals surface area contributed by atoms with Crippen LogP contribution in [0.1, 0.15) is 18.4 Å². The van der Waals surface area contributed by atoms with Crippen LogP contribution in [0.4, 0.5) is 0 Å². The van der Waals surface area contributed by atoms with Crippen molar-refractivity contribution in [3.05, 3.63) is 20.8 Å². The average molecular weight is 274 g/mol. The zero-order valence-corrected chi connectivity index (χ0v) is 10.1. The van der Waals surface area contributed by atoms with Crippen LogP contribution in [-0.4, -0.2) is 12.0 Å². The zero-order chi connectivity index (χ0) is 9.97. The van der Waals surface area contributed by atoms with Gasteiger partial charge in [0.25, 0.3) is 0 Å². The van der Waals surface area contributed by atoms with E-state index in [0.717, 1.165) is 3.79 Å². The Morgan fingerprint density at radius 3 is 3.07 bits per heavy atom. The summed E-state index contributed by atoms with van der Waals surface area (Å²) in [6.07, 6.45) is 2.44. The molecule has 0 radical (unpaired) electrons. The minimum Gasteiger partial charge on any atom is -0.370 e. The fourth-order valence-electron chi connectivity index (χ4n) is 1.08. The smallest absolute Gasteiger partial charge is 0.189 e. The molecule has 1 aliphatic rings. The molecule has 5 heteroatoms. The fourth-order valence-corrected chi connectivity index (χ4v) is 2.30. The lowest BCUT2D eigenvalue weighted by Crippen LogP contribution is -2.33. The topological polar surface area (TPSA) is 50.4 Å². The molecule has 0 bridgehead atoms. The molecule has 0 spiro atoms. The molecule has 0 aliphatic heterocycles. The maximum atomic E-state index is 5.71. The Morgan fingerprint density at radius 1 is 1.71 bits per heavy atom. The van der Waals surface area contributed by atoms with E-state index < -0.39 is 0 Å². The molecule has 0 aromatic carbocycles. The molecule has 1 heterocycles. The first-order valence-corrected chi connectivity index (χ1v) is 6.21. The van der Waals surface area contributed by atoms with Crippen LogP contribution in [0.2, 0.25) is 0 Å². The van der Waals surface area contributed by atoms with E-state index in [1.165, 1.54) is 18.4 Å². The Labute approximate surface area is 95.5 Å². The van der Waals surface area contributed by atoms with Crippen molar-refractivity contribution in [3.63, 3.8) is 0 Å². The second-order valence-electron chi connectivity index (χ2n) is 3.34. The van der Waals surface area contributed by atoms with E-state index >= 15 is 0 Å². The van der Waals surface area contributed by atoms with Gasteiger partial charge in [0.1, 0.15) is 0 Å². The van der Waals surface area contributed by atoms with Gasteiger partial charge in [-0.25, -0.2) is 4.99 Å². The Morgan fingerprint density at radius 2 is 2.50 bits per heavy atom. The molecule has 1 fully saturated rings. The summed E-state index contributed by atoms with van der Waals surface area (Å²) in [4.78, 5) is 4.27. The van der Waals surface area contributed by atoms with E-state index in [-0.39, 0.29) is 0 Å². The second kappa shape index (κ2) is 4.31. The Bertz CT molecular complexity index is 344. The highest BCUT2D eigenvalue weighted by molar-refractivity contribution is 9.11. The van der Waals surface area contributed by atoms with E-state index in [1.54, 1.807) is 11.3 Å². The summed E-state index contributed by atoms with van der Waals surface area (Å²) in [6.45, 7) is 0.648. The van der Waals surface area contributed by atoms with Crippen LogP contribution < -0.4 is 11.1 Å². The van der Waals surface area contributed by atoms with Gasteiger partial charge in [-0.2, -0.15) is 0 Å². The molecular formula is C9H12BrN3S. The van der Waals surface area contributed by atoms with Crippen molar-refractivity contribution in [2.45, 2.75) is 25.4 Å². The van der Waals surface area contributed by atoms with Crippen molar-refractivity contribution in [1.29, 1.82) is 0 Å². The third kappa shape index (κ3) is 2.72. The SMILES string of the molecule is NC(=NCc1ccsc1Br)NC1CC1. The van der Waals surface area contributed by atoms with Gasteiger partial charge in [-0.05, 0) is 45.8 Å². The predicted molar refractivity (Wildman–Crippen MR) is 63.5 cm³/mol. The van der Waals surface area contributed by atoms with Crippen LogP contribution in [0.3, 0.4) is 0 Å². The number of nitrogens with one attached hydrogen (secondary N) is 1. The van der Waals surface area contributed by atoms with E-state index in [0.29, 0.717) is 18.5 Å². The van der Waals surface area contributed by atoms with Crippen LogP contribution >= 0.6 is 27.3 Å². The largest absolute Gasteiger partial charge is 0.370 e. The summed E-state index contributed by atoms with van der Waals surface area (Å²) in [6, 6.07) is 2.63. The van der Waals surface area contributed by atoms with E-state index in [2.05, 4.69) is 32.3 Å². The number of rotatable bonds is 3. The predicted octanol–water partition coefficient (Wildman–Crippen LogP) is 2.08. The molecule has 76 valence electrons. The lowest BCUT2D eigenvalue weighted by molar-refractivity contribution is 0.879. The molecule has 3 nitrogen and oxygen atoms in total. The van der Waals surface area contributed by atoms with Crippen molar-refractivity contribution in [1.82, 2.24) is 5.32 Å². The van der Waals surface area contributed by atoms with Crippen LogP contribution in [0, 0.1) is 0 Å². The third-order valence-corrected chi connectivity index (χ3v) is 3.85. The number of hydrogen-bond donors (Lipinski definition) is 2. The summed E-state index contributed by atoms with van der Waals surface area (Å²) in [5.41, 5.74) is 6.90. The molecule has 1 saturated carbocycles. The van der Waals surface area contributed by atoms with Crippen molar-refractivity contribution < 1.29 is 0 Å². The van der Waals surface area contributed by atoms with Crippen LogP contribution in [0.25, 0.3) is 0 Å². The van der Waals surface area contributed by atoms with Gasteiger partial charge >= 0.3 is 0 Å². The number of nitrogens with two attached hydrogens (primary N) is 1. The maximum Gasteiger partial charge on any atom is 0.189 e. The van der Waals surface area contributed by atoms with E-state index in [1.807, 2.05) is 5.38 Å². The zero-order valence-electron chi connectivity index (χ0n) is 7.66. The summed E-state index contributed by atoms with van der Waals surface area (Å²) >= 11 is 5.14. The molecule has 14 heavy (non-hydrogen) atoms. The van der Waals surface area contributed by atoms with Crippen molar-refractivity contribution in [3.8, 4) is 0 Å². The van der Waals surface area contributed by atoms with Crippen LogP contribution in [-0.2, 0) is 6.54 Å². The molecule has 0 atom stereocenters. The number of hydrogen-bond acceptors (Lipinski definition) is 2. The Balaban J connectivity index is 1.88. The first-order chi connectivity index (χ1) is 6.75. The van der Waals surface area contributed by atoms with Gasteiger partial charge < -0.3 is 11.1 Å². The molecule has 0 unspecified atom stereocenters. The van der Waals surface area contributed by atoms with Gasteiger partial charge in [0.05, 0.1) is 10.3 Å². The highest BCUT2D eigenvalue weighted by Gasteiger charge is 2.21. The molecular weight excluding hydrogens is 262 g/mol. The lowest BCUT2D eigenvalue weighted by Gasteiger charge is -2.02. The number of thiophene rings is 1. The number of guanidine groups is 1. The fraction of sp³-hybridized carbons (Fsp3) is 0.444. The van der Waals surface area contributed by atoms with Gasteiger partial charge in [0.2, 0.25) is 0 Å². The van der Waals surface area contributed by atoms with Gasteiger partial charge in [-0.1, -0.05) is 0 Å². The van der Waals surface area contributed by atoms with Crippen molar-refractivity contribution in [2.24, 2.45) is 10.7 Å². The summed E-state index contributed by atoms with van der Waals surface area (Å²) in [7, 11) is 0. The lowest BCUT2D eigenvalue weighted by atomic mass is 10.3. The summed E-state index contributed by atoms with van der Waals surface area (Å²) < 4.78 is 1.14. The van der Waals surface area contributed by atoms with Crippen molar-refractivity contribution >= 4 is 33.2 Å². The molecule has 2 rings (SSSR count). The first kappa shape index (κ1) is 9.98. The van der Waals surface area contributed by atoms with E-state index in [9.17, 15) is 0 Å². The van der Waals surface area contributed by atoms with Gasteiger partial charge in [-0.3, -0.25) is 0 Å². The minimum absolute atomic E-state index is 0.561. The highest BCUT2D eigenvalue weighted by atomic mass is 79.9. The Hall–Kier alpha value is -0.550. The maximum absolute atomic E-state index is 5.71. The molecule has 0 amide bonds. The summed E-state index contributed by atoms with van der Waals surface area (Å²) in [5, 5.41) is 5.19. The monoisotopic (exact) mass is 273 g/mol. The van der Waals surface area contributed by atoms with Crippen LogP contribution in [0.5, 0.6) is 0 Å². The minimum atomic E-state index is 0.561. The average Bonchev–Trinajstić information content (AvgIpc) is 2.86. The molecule has 1 aromatic rings. The second-order valence-corrected chi connectivity index (χ2v) is 5.57. The number of nitrogens with zero attached hydrogens (tertiary/aromatic N) is 1. The summed E-state index contributed by atoms with van der Waals surface area (Å²) in [5.74, 6) is 0.561. The van der Waals surface area contributed by atoms with Gasteiger partial charge in [-0.15, -0.1) is 11.3 Å². The molecule has 1 aliphatic carbocycles. The van der Waals surface area contributed by atoms with Crippen LogP contribution in [0.15, 0.2) is 20.2 Å². The van der Waals surface area contributed by atoms with Crippen molar-refractivity contribution in [2.75, 3.05) is 0 Å². The number of aliphatic imine (C=N–C) groups is 1. The molecule has 3 N–H and O–H groups in total. The molecule has 1 aromatic heterocycles. The van der Waals surface area contributed by atoms with Gasteiger partial charge in [0, 0.05) is 6.04 Å². The number of halogens is 1. The molecule has 0 saturated heterocycles. The normalized spacial score (nSPS) is 17.1. The Kier molecular flexibility index (Phi) is 3.08. The first-order valence-electron chi connectivity index (χ1n) is 4.54. The third-order valence-electron chi connectivity index (χ3n) is 2.04. The van der Waals surface area contributed by atoms with Gasteiger partial charge in [0.15, 0.2) is 5.96 Å². The quantitative estimate of drug-likeness (QED) is 0.655. The standard InChI is InChI=1S/C9H12BrN3S/c10-8-6(3-4-14-8)5-12-9(11)13-7-1-2-7/h3-4,7H,1-2,5H2,(H3,11,12,13).